The summed E-state index contributed by atoms with van der Waals surface area (Å²) in [6.45, 7) is 2.20. The van der Waals surface area contributed by atoms with E-state index >= 15 is 0 Å². The predicted octanol–water partition coefficient (Wildman–Crippen LogP) is 3.19. The Morgan fingerprint density at radius 3 is 2.72 bits per heavy atom. The van der Waals surface area contributed by atoms with E-state index in [1.807, 2.05) is 54.6 Å². The monoisotopic (exact) mass is 391 g/mol. The van der Waals surface area contributed by atoms with E-state index in [1.54, 1.807) is 11.8 Å². The molecule has 1 unspecified atom stereocenters. The Balaban J connectivity index is 1.30. The first-order valence-corrected chi connectivity index (χ1v) is 9.58. The molecule has 29 heavy (non-hydrogen) atoms. The number of hydrogen-bond acceptors (Lipinski definition) is 6. The molecule has 0 bridgehead atoms. The van der Waals surface area contributed by atoms with Gasteiger partial charge in [-0.15, -0.1) is 0 Å². The average Bonchev–Trinajstić information content (AvgIpc) is 3.39. The van der Waals surface area contributed by atoms with Crippen LogP contribution in [-0.2, 0) is 27.2 Å². The van der Waals surface area contributed by atoms with Crippen molar-refractivity contribution >= 4 is 17.6 Å². The number of fused-ring (bicyclic) bond motifs is 1. The van der Waals surface area contributed by atoms with Crippen molar-refractivity contribution in [2.45, 2.75) is 32.3 Å². The lowest BCUT2D eigenvalue weighted by Crippen LogP contribution is -2.39. The fourth-order valence-electron chi connectivity index (χ4n) is 3.36. The van der Waals surface area contributed by atoms with Crippen LogP contribution in [0, 0.1) is 0 Å². The topological polar surface area (TPSA) is 85.5 Å². The molecular formula is C22H21N3O4. The number of amides is 1. The van der Waals surface area contributed by atoms with Crippen molar-refractivity contribution in [1.82, 2.24) is 10.1 Å². The van der Waals surface area contributed by atoms with E-state index in [1.165, 1.54) is 0 Å². The normalized spacial score (nSPS) is 13.8. The number of ether oxygens (including phenoxy) is 1. The van der Waals surface area contributed by atoms with E-state index < -0.39 is 12.1 Å². The Kier molecular flexibility index (Phi) is 5.37. The van der Waals surface area contributed by atoms with Gasteiger partial charge in [0.25, 0.3) is 5.91 Å². The van der Waals surface area contributed by atoms with Crippen LogP contribution < -0.4 is 4.90 Å². The highest BCUT2D eigenvalue weighted by Gasteiger charge is 2.29. The van der Waals surface area contributed by atoms with Crippen LogP contribution in [0.4, 0.5) is 5.69 Å². The number of nitrogens with zero attached hydrogens (tertiary/aromatic N) is 3. The summed E-state index contributed by atoms with van der Waals surface area (Å²) in [5.41, 5.74) is 2.86. The molecule has 4 rings (SSSR count). The van der Waals surface area contributed by atoms with Crippen LogP contribution in [0.25, 0.3) is 11.4 Å². The van der Waals surface area contributed by atoms with Gasteiger partial charge in [-0.25, -0.2) is 0 Å². The van der Waals surface area contributed by atoms with Gasteiger partial charge in [0.2, 0.25) is 11.7 Å². The summed E-state index contributed by atoms with van der Waals surface area (Å²) in [6.07, 6.45) is 0.275. The van der Waals surface area contributed by atoms with Gasteiger partial charge in [0, 0.05) is 24.2 Å². The van der Waals surface area contributed by atoms with E-state index in [0.29, 0.717) is 18.3 Å². The lowest BCUT2D eigenvalue weighted by Gasteiger charge is -2.21. The average molecular weight is 391 g/mol. The molecule has 1 aliphatic rings. The van der Waals surface area contributed by atoms with Crippen LogP contribution >= 0.6 is 0 Å². The number of carbonyl (C=O) groups excluding carboxylic acids is 2. The molecule has 2 heterocycles. The van der Waals surface area contributed by atoms with Crippen LogP contribution in [0.15, 0.2) is 59.1 Å². The molecular weight excluding hydrogens is 370 g/mol. The van der Waals surface area contributed by atoms with E-state index in [2.05, 4.69) is 10.1 Å². The minimum absolute atomic E-state index is 0.0601. The summed E-state index contributed by atoms with van der Waals surface area (Å²) in [4.78, 5) is 30.8. The second-order valence-corrected chi connectivity index (χ2v) is 6.88. The maximum atomic E-state index is 12.7. The third-order valence-corrected chi connectivity index (χ3v) is 4.85. The molecule has 1 aromatic heterocycles. The van der Waals surface area contributed by atoms with Crippen LogP contribution in [0.1, 0.15) is 24.8 Å². The molecule has 3 aromatic rings. The number of para-hydroxylation sites is 1. The molecule has 0 radical (unpaired) electrons. The minimum atomic E-state index is -0.851. The smallest absolute Gasteiger partial charge is 0.307 e. The zero-order valence-corrected chi connectivity index (χ0v) is 16.1. The molecule has 0 N–H and O–H groups in total. The molecule has 1 amide bonds. The molecule has 7 nitrogen and oxygen atoms in total. The third kappa shape index (κ3) is 4.18. The van der Waals surface area contributed by atoms with Crippen molar-refractivity contribution in [3.8, 4) is 11.4 Å². The van der Waals surface area contributed by atoms with E-state index in [-0.39, 0.29) is 18.7 Å². The predicted molar refractivity (Wildman–Crippen MR) is 106 cm³/mol. The summed E-state index contributed by atoms with van der Waals surface area (Å²) >= 11 is 0. The van der Waals surface area contributed by atoms with Crippen LogP contribution in [0.3, 0.4) is 0 Å². The van der Waals surface area contributed by atoms with Gasteiger partial charge in [-0.2, -0.15) is 4.98 Å². The van der Waals surface area contributed by atoms with Crippen molar-refractivity contribution < 1.29 is 18.8 Å². The number of benzene rings is 2. The summed E-state index contributed by atoms with van der Waals surface area (Å²) in [7, 11) is 0. The zero-order valence-electron chi connectivity index (χ0n) is 16.1. The lowest BCUT2D eigenvalue weighted by molar-refractivity contribution is -0.153. The lowest BCUT2D eigenvalue weighted by atomic mass is 10.2. The number of anilines is 1. The SMILES string of the molecule is CC(OC(=O)CCc1nc(-c2ccccc2)no1)C(=O)N1CCc2ccccc21. The Morgan fingerprint density at radius 1 is 1.14 bits per heavy atom. The first-order valence-electron chi connectivity index (χ1n) is 9.58. The maximum absolute atomic E-state index is 12.7. The number of aryl methyl sites for hydroxylation is 1. The summed E-state index contributed by atoms with van der Waals surface area (Å²) in [6, 6.07) is 17.2. The van der Waals surface area contributed by atoms with Crippen LogP contribution in [-0.4, -0.2) is 34.7 Å². The van der Waals surface area contributed by atoms with Gasteiger partial charge in [0.05, 0.1) is 6.42 Å². The van der Waals surface area contributed by atoms with Crippen molar-refractivity contribution in [2.75, 3.05) is 11.4 Å². The summed E-state index contributed by atoms with van der Waals surface area (Å²) < 4.78 is 10.5. The van der Waals surface area contributed by atoms with Gasteiger partial charge in [-0.3, -0.25) is 9.59 Å². The van der Waals surface area contributed by atoms with Gasteiger partial charge in [0.1, 0.15) is 0 Å². The third-order valence-electron chi connectivity index (χ3n) is 4.85. The Hall–Kier alpha value is -3.48. The highest BCUT2D eigenvalue weighted by molar-refractivity contribution is 5.99. The second-order valence-electron chi connectivity index (χ2n) is 6.88. The molecule has 2 aromatic carbocycles. The number of carbonyl (C=O) groups is 2. The number of esters is 1. The fourth-order valence-corrected chi connectivity index (χ4v) is 3.36. The molecule has 0 fully saturated rings. The van der Waals surface area contributed by atoms with Gasteiger partial charge < -0.3 is 14.2 Å². The molecule has 0 aliphatic carbocycles. The van der Waals surface area contributed by atoms with Gasteiger partial charge >= 0.3 is 5.97 Å². The molecule has 0 spiro atoms. The fraction of sp³-hybridized carbons (Fsp3) is 0.273. The van der Waals surface area contributed by atoms with Gasteiger partial charge in [-0.05, 0) is 25.0 Å². The molecule has 7 heteroatoms. The van der Waals surface area contributed by atoms with Crippen molar-refractivity contribution in [2.24, 2.45) is 0 Å². The van der Waals surface area contributed by atoms with Crippen molar-refractivity contribution in [3.05, 3.63) is 66.1 Å². The first kappa shape index (κ1) is 18.9. The Morgan fingerprint density at radius 2 is 1.90 bits per heavy atom. The number of rotatable bonds is 6. The van der Waals surface area contributed by atoms with Crippen molar-refractivity contribution in [1.29, 1.82) is 0 Å². The summed E-state index contributed by atoms with van der Waals surface area (Å²) in [5.74, 6) is 0.142. The van der Waals surface area contributed by atoms with Gasteiger partial charge in [0.15, 0.2) is 6.10 Å². The quantitative estimate of drug-likeness (QED) is 0.600. The minimum Gasteiger partial charge on any atom is -0.453 e. The molecule has 1 atom stereocenters. The first-order chi connectivity index (χ1) is 14.1. The molecule has 0 saturated heterocycles. The van der Waals surface area contributed by atoms with Crippen LogP contribution in [0.2, 0.25) is 0 Å². The van der Waals surface area contributed by atoms with Gasteiger partial charge in [-0.1, -0.05) is 53.7 Å². The Labute approximate surface area is 168 Å². The van der Waals surface area contributed by atoms with Crippen molar-refractivity contribution in [3.63, 3.8) is 0 Å². The number of hydrogen-bond donors (Lipinski definition) is 0. The molecule has 0 saturated carbocycles. The highest BCUT2D eigenvalue weighted by Crippen LogP contribution is 2.28. The van der Waals surface area contributed by atoms with E-state index in [0.717, 1.165) is 23.2 Å². The molecule has 1 aliphatic heterocycles. The zero-order chi connectivity index (χ0) is 20.2. The summed E-state index contributed by atoms with van der Waals surface area (Å²) in [5, 5.41) is 3.93. The highest BCUT2D eigenvalue weighted by atomic mass is 16.5. The van der Waals surface area contributed by atoms with Crippen LogP contribution in [0.5, 0.6) is 0 Å². The maximum Gasteiger partial charge on any atom is 0.307 e. The van der Waals surface area contributed by atoms with E-state index in [9.17, 15) is 9.59 Å². The Bertz CT molecular complexity index is 1020. The van der Waals surface area contributed by atoms with E-state index in [4.69, 9.17) is 9.26 Å². The standard InChI is InChI=1S/C22H21N3O4/c1-15(22(27)25-14-13-16-7-5-6-10-18(16)25)28-20(26)12-11-19-23-21(24-29-19)17-8-3-2-4-9-17/h2-10,15H,11-14H2,1H3. The number of aromatic nitrogens is 2. The molecule has 148 valence electrons. The second kappa shape index (κ2) is 8.26. The largest absolute Gasteiger partial charge is 0.453 e.